The summed E-state index contributed by atoms with van der Waals surface area (Å²) in [5.41, 5.74) is 6.14. The molecule has 0 fully saturated rings. The number of carbonyl (C=O) groups is 1. The summed E-state index contributed by atoms with van der Waals surface area (Å²) in [5.74, 6) is 0.682. The molecule has 1 heterocycles. The van der Waals surface area contributed by atoms with Gasteiger partial charge < -0.3 is 4.74 Å². The number of benzene rings is 3. The maximum Gasteiger partial charge on any atom is 0.250 e. The van der Waals surface area contributed by atoms with Gasteiger partial charge in [-0.3, -0.25) is 4.79 Å². The van der Waals surface area contributed by atoms with Gasteiger partial charge in [0.1, 0.15) is 12.4 Å². The molecule has 0 radical (unpaired) electrons. The van der Waals surface area contributed by atoms with E-state index in [1.165, 1.54) is 23.1 Å². The highest BCUT2D eigenvalue weighted by molar-refractivity contribution is 8.01. The third-order valence-corrected chi connectivity index (χ3v) is 7.16. The van der Waals surface area contributed by atoms with Crippen LogP contribution in [0, 0.1) is 0 Å². The van der Waals surface area contributed by atoms with Crippen molar-refractivity contribution in [2.75, 3.05) is 5.75 Å². The molecule has 34 heavy (non-hydrogen) atoms. The number of hydrazone groups is 1. The van der Waals surface area contributed by atoms with Gasteiger partial charge in [0, 0.05) is 26.6 Å². The number of thioether (sulfide) groups is 1. The Morgan fingerprint density at radius 2 is 1.94 bits per heavy atom. The molecule has 5 nitrogen and oxygen atoms in total. The van der Waals surface area contributed by atoms with Crippen molar-refractivity contribution in [1.82, 2.24) is 10.4 Å². The number of ether oxygens (including phenoxy) is 1. The molecular formula is C25H19Cl2N3O2S2. The van der Waals surface area contributed by atoms with Gasteiger partial charge in [0.15, 0.2) is 4.34 Å². The fourth-order valence-electron chi connectivity index (χ4n) is 2.89. The lowest BCUT2D eigenvalue weighted by Crippen LogP contribution is -2.19. The summed E-state index contributed by atoms with van der Waals surface area (Å²) < 4.78 is 6.65. The Morgan fingerprint density at radius 1 is 1.09 bits per heavy atom. The number of thiazole rings is 1. The van der Waals surface area contributed by atoms with Gasteiger partial charge in [-0.2, -0.15) is 5.10 Å². The Morgan fingerprint density at radius 3 is 2.76 bits per heavy atom. The number of hydrogen-bond donors (Lipinski definition) is 1. The fraction of sp³-hybridized carbons (Fsp3) is 0.0800. The molecule has 0 saturated carbocycles. The van der Waals surface area contributed by atoms with E-state index in [9.17, 15) is 4.79 Å². The second-order valence-electron chi connectivity index (χ2n) is 7.04. The minimum atomic E-state index is -0.206. The predicted octanol–water partition coefficient (Wildman–Crippen LogP) is 6.94. The average molecular weight is 528 g/mol. The topological polar surface area (TPSA) is 63.6 Å². The minimum Gasteiger partial charge on any atom is -0.489 e. The van der Waals surface area contributed by atoms with Crippen LogP contribution in [-0.4, -0.2) is 22.9 Å². The number of amides is 1. The molecule has 0 unspecified atom stereocenters. The number of halogens is 2. The second-order valence-corrected chi connectivity index (χ2v) is 9.97. The zero-order chi connectivity index (χ0) is 23.8. The van der Waals surface area contributed by atoms with Crippen molar-refractivity contribution in [3.8, 4) is 17.0 Å². The van der Waals surface area contributed by atoms with E-state index in [-0.39, 0.29) is 11.7 Å². The minimum absolute atomic E-state index is 0.206. The van der Waals surface area contributed by atoms with Crippen LogP contribution in [0.3, 0.4) is 0 Å². The first kappa shape index (κ1) is 24.3. The molecule has 0 saturated heterocycles. The van der Waals surface area contributed by atoms with Crippen LogP contribution < -0.4 is 10.2 Å². The molecule has 4 rings (SSSR count). The lowest BCUT2D eigenvalue weighted by molar-refractivity contribution is -0.118. The number of nitrogens with one attached hydrogen (secondary N) is 1. The van der Waals surface area contributed by atoms with E-state index < -0.39 is 0 Å². The molecule has 172 valence electrons. The van der Waals surface area contributed by atoms with Crippen LogP contribution >= 0.6 is 46.3 Å². The fourth-order valence-corrected chi connectivity index (χ4v) is 4.98. The van der Waals surface area contributed by atoms with Gasteiger partial charge in [-0.25, -0.2) is 10.4 Å². The number of nitrogens with zero attached hydrogens (tertiary/aromatic N) is 2. The summed E-state index contributed by atoms with van der Waals surface area (Å²) in [6, 6.07) is 22.6. The summed E-state index contributed by atoms with van der Waals surface area (Å²) in [6.45, 7) is 0.313. The number of hydrogen-bond acceptors (Lipinski definition) is 6. The van der Waals surface area contributed by atoms with Crippen LogP contribution in [0.4, 0.5) is 0 Å². The van der Waals surface area contributed by atoms with Crippen molar-refractivity contribution in [3.05, 3.63) is 99.3 Å². The van der Waals surface area contributed by atoms with Crippen molar-refractivity contribution in [3.63, 3.8) is 0 Å². The molecule has 0 aliphatic heterocycles. The molecular weight excluding hydrogens is 509 g/mol. The largest absolute Gasteiger partial charge is 0.489 e. The van der Waals surface area contributed by atoms with E-state index in [4.69, 9.17) is 27.9 Å². The zero-order valence-electron chi connectivity index (χ0n) is 17.8. The molecule has 0 bridgehead atoms. The van der Waals surface area contributed by atoms with Gasteiger partial charge in [-0.05, 0) is 29.8 Å². The smallest absolute Gasteiger partial charge is 0.250 e. The highest BCUT2D eigenvalue weighted by Crippen LogP contribution is 2.28. The van der Waals surface area contributed by atoms with Crippen molar-refractivity contribution in [2.45, 2.75) is 10.9 Å². The summed E-state index contributed by atoms with van der Waals surface area (Å²) in [5, 5.41) is 7.17. The number of rotatable bonds is 9. The maximum atomic E-state index is 12.2. The van der Waals surface area contributed by atoms with E-state index in [0.717, 1.165) is 26.7 Å². The van der Waals surface area contributed by atoms with Gasteiger partial charge in [0.25, 0.3) is 5.91 Å². The third-order valence-electron chi connectivity index (χ3n) is 4.55. The Labute approximate surface area is 215 Å². The molecule has 1 amide bonds. The van der Waals surface area contributed by atoms with E-state index in [2.05, 4.69) is 15.5 Å². The molecule has 1 N–H and O–H groups in total. The lowest BCUT2D eigenvalue weighted by Gasteiger charge is -2.08. The molecule has 0 spiro atoms. The van der Waals surface area contributed by atoms with Gasteiger partial charge in [-0.15, -0.1) is 11.3 Å². The normalized spacial score (nSPS) is 11.0. The van der Waals surface area contributed by atoms with Crippen molar-refractivity contribution in [1.29, 1.82) is 0 Å². The zero-order valence-corrected chi connectivity index (χ0v) is 20.9. The first-order chi connectivity index (χ1) is 16.6. The molecule has 4 aromatic rings. The summed E-state index contributed by atoms with van der Waals surface area (Å²) >= 11 is 15.0. The van der Waals surface area contributed by atoms with Crippen LogP contribution in [0.1, 0.15) is 11.1 Å². The third kappa shape index (κ3) is 7.08. The van der Waals surface area contributed by atoms with Gasteiger partial charge in [0.05, 0.1) is 17.7 Å². The SMILES string of the molecule is O=C(CSc1nc(-c2ccccc2)cs1)N/N=C/c1cccc(OCc2ccc(Cl)cc2Cl)c1. The van der Waals surface area contributed by atoms with Crippen LogP contribution in [0.2, 0.25) is 10.0 Å². The van der Waals surface area contributed by atoms with Crippen molar-refractivity contribution >= 4 is 58.4 Å². The Balaban J connectivity index is 1.25. The van der Waals surface area contributed by atoms with Crippen molar-refractivity contribution in [2.24, 2.45) is 5.10 Å². The van der Waals surface area contributed by atoms with Gasteiger partial charge >= 0.3 is 0 Å². The molecule has 3 aromatic carbocycles. The van der Waals surface area contributed by atoms with Crippen LogP contribution in [0.15, 0.2) is 87.6 Å². The number of aromatic nitrogens is 1. The van der Waals surface area contributed by atoms with Crippen LogP contribution in [-0.2, 0) is 11.4 Å². The van der Waals surface area contributed by atoms with Gasteiger partial charge in [0.2, 0.25) is 0 Å². The number of carbonyl (C=O) groups excluding carboxylic acids is 1. The maximum absolute atomic E-state index is 12.2. The predicted molar refractivity (Wildman–Crippen MR) is 141 cm³/mol. The Kier molecular flexibility index (Phi) is 8.60. The van der Waals surface area contributed by atoms with E-state index >= 15 is 0 Å². The highest BCUT2D eigenvalue weighted by atomic mass is 35.5. The van der Waals surface area contributed by atoms with E-state index in [1.54, 1.807) is 18.3 Å². The van der Waals surface area contributed by atoms with Gasteiger partial charge in [-0.1, -0.05) is 83.5 Å². The standard InChI is InChI=1S/C25H19Cl2N3O2S2/c26-20-10-9-19(22(27)12-20)14-32-21-8-4-5-17(11-21)13-28-30-24(31)16-34-25-29-23(15-33-25)18-6-2-1-3-7-18/h1-13,15H,14,16H2,(H,30,31)/b28-13+. The average Bonchev–Trinajstić information content (AvgIpc) is 3.32. The second kappa shape index (κ2) is 12.0. The first-order valence-corrected chi connectivity index (χ1v) is 12.8. The molecule has 0 aliphatic rings. The highest BCUT2D eigenvalue weighted by Gasteiger charge is 2.08. The molecule has 0 aliphatic carbocycles. The Hall–Kier alpha value is -2.84. The van der Waals surface area contributed by atoms with Crippen LogP contribution in [0.25, 0.3) is 11.3 Å². The quantitative estimate of drug-likeness (QED) is 0.145. The molecule has 9 heteroatoms. The molecule has 0 atom stereocenters. The molecule has 1 aromatic heterocycles. The lowest BCUT2D eigenvalue weighted by atomic mass is 10.2. The Bertz CT molecular complexity index is 1300. The summed E-state index contributed by atoms with van der Waals surface area (Å²) in [4.78, 5) is 16.7. The summed E-state index contributed by atoms with van der Waals surface area (Å²) in [6.07, 6.45) is 1.57. The summed E-state index contributed by atoms with van der Waals surface area (Å²) in [7, 11) is 0. The van der Waals surface area contributed by atoms with Crippen molar-refractivity contribution < 1.29 is 9.53 Å². The monoisotopic (exact) mass is 527 g/mol. The van der Waals surface area contributed by atoms with Crippen LogP contribution in [0.5, 0.6) is 5.75 Å². The first-order valence-electron chi connectivity index (χ1n) is 10.2. The van der Waals surface area contributed by atoms with E-state index in [1.807, 2.05) is 66.0 Å². The van der Waals surface area contributed by atoms with E-state index in [0.29, 0.717) is 22.4 Å².